The number of hydrogen-bond donors (Lipinski definition) is 5. The Labute approximate surface area is 88.5 Å². The van der Waals surface area contributed by atoms with Crippen molar-refractivity contribution in [3.8, 4) is 0 Å². The molecule has 0 aromatic carbocycles. The summed E-state index contributed by atoms with van der Waals surface area (Å²) in [7, 11) is 1.62. The first kappa shape index (κ1) is 12.8. The molecule has 0 amide bonds. The largest absolute Gasteiger partial charge is 0.396 e. The maximum Gasteiger partial charge on any atom is 0.0984 e. The zero-order chi connectivity index (χ0) is 11.4. The van der Waals surface area contributed by atoms with E-state index in [9.17, 15) is 10.2 Å². The fraction of sp³-hybridized carbons (Fsp3) is 1.00. The van der Waals surface area contributed by atoms with Crippen LogP contribution in [0.4, 0.5) is 0 Å². The van der Waals surface area contributed by atoms with E-state index in [4.69, 9.17) is 14.9 Å². The summed E-state index contributed by atoms with van der Waals surface area (Å²) in [6.07, 6.45) is -2.69. The van der Waals surface area contributed by atoms with Crippen LogP contribution in [0.15, 0.2) is 0 Å². The number of aliphatic hydroxyl groups is 4. The first-order valence-electron chi connectivity index (χ1n) is 5.02. The summed E-state index contributed by atoms with van der Waals surface area (Å²) in [5, 5.41) is 40.4. The Kier molecular flexibility index (Phi) is 4.91. The molecule has 5 N–H and O–H groups in total. The van der Waals surface area contributed by atoms with Gasteiger partial charge < -0.3 is 30.5 Å². The number of ether oxygens (including phenoxy) is 1. The van der Waals surface area contributed by atoms with Gasteiger partial charge in [0.25, 0.3) is 0 Å². The van der Waals surface area contributed by atoms with Crippen molar-refractivity contribution in [2.24, 2.45) is 5.92 Å². The van der Waals surface area contributed by atoms with Crippen LogP contribution < -0.4 is 5.32 Å². The summed E-state index contributed by atoms with van der Waals surface area (Å²) in [5.74, 6) is -0.521. The Morgan fingerprint density at radius 1 is 1.20 bits per heavy atom. The zero-order valence-corrected chi connectivity index (χ0v) is 8.71. The summed E-state index contributed by atoms with van der Waals surface area (Å²) in [5.41, 5.74) is 0. The highest BCUT2D eigenvalue weighted by molar-refractivity contribution is 4.92. The molecule has 1 aliphatic heterocycles. The Morgan fingerprint density at radius 2 is 1.87 bits per heavy atom. The van der Waals surface area contributed by atoms with Gasteiger partial charge in [0, 0.05) is 5.92 Å². The van der Waals surface area contributed by atoms with Crippen molar-refractivity contribution in [1.29, 1.82) is 0 Å². The Morgan fingerprint density at radius 3 is 2.33 bits per heavy atom. The molecule has 0 spiro atoms. The van der Waals surface area contributed by atoms with Gasteiger partial charge in [-0.2, -0.15) is 0 Å². The van der Waals surface area contributed by atoms with Crippen molar-refractivity contribution in [3.05, 3.63) is 0 Å². The number of aliphatic hydroxyl groups excluding tert-OH is 4. The van der Waals surface area contributed by atoms with Crippen molar-refractivity contribution >= 4 is 0 Å². The van der Waals surface area contributed by atoms with Crippen LogP contribution >= 0.6 is 0 Å². The molecule has 1 heterocycles. The standard InChI is InChI=1S/C9H19NO5/c1-10-7-6(3-12)15-4-5(2-11)8(13)9(7)14/h5-14H,2-4H2,1H3. The average Bonchev–Trinajstić information content (AvgIpc) is 2.37. The number of nitrogens with one attached hydrogen (secondary N) is 1. The molecule has 5 unspecified atom stereocenters. The van der Waals surface area contributed by atoms with Gasteiger partial charge in [-0.1, -0.05) is 0 Å². The highest BCUT2D eigenvalue weighted by Crippen LogP contribution is 2.19. The van der Waals surface area contributed by atoms with E-state index in [1.807, 2.05) is 0 Å². The van der Waals surface area contributed by atoms with E-state index >= 15 is 0 Å². The molecule has 5 atom stereocenters. The summed E-state index contributed by atoms with van der Waals surface area (Å²) in [4.78, 5) is 0. The minimum Gasteiger partial charge on any atom is -0.396 e. The van der Waals surface area contributed by atoms with Crippen LogP contribution in [0, 0.1) is 5.92 Å². The van der Waals surface area contributed by atoms with Crippen molar-refractivity contribution in [1.82, 2.24) is 5.32 Å². The van der Waals surface area contributed by atoms with Crippen molar-refractivity contribution in [2.75, 3.05) is 26.9 Å². The molecule has 1 saturated heterocycles. The van der Waals surface area contributed by atoms with Gasteiger partial charge in [-0.05, 0) is 7.05 Å². The Balaban J connectivity index is 2.77. The normalized spacial score (nSPS) is 42.6. The first-order chi connectivity index (χ1) is 7.15. The second-order valence-electron chi connectivity index (χ2n) is 3.79. The molecular weight excluding hydrogens is 202 g/mol. The van der Waals surface area contributed by atoms with Crippen LogP contribution in [-0.4, -0.2) is 71.6 Å². The van der Waals surface area contributed by atoms with Crippen molar-refractivity contribution in [3.63, 3.8) is 0 Å². The monoisotopic (exact) mass is 221 g/mol. The highest BCUT2D eigenvalue weighted by atomic mass is 16.5. The van der Waals surface area contributed by atoms with Gasteiger partial charge in [0.2, 0.25) is 0 Å². The first-order valence-corrected chi connectivity index (χ1v) is 5.02. The van der Waals surface area contributed by atoms with Gasteiger partial charge in [-0.15, -0.1) is 0 Å². The third kappa shape index (κ3) is 2.66. The van der Waals surface area contributed by atoms with E-state index in [0.717, 1.165) is 0 Å². The molecular formula is C9H19NO5. The van der Waals surface area contributed by atoms with Crippen LogP contribution in [0.2, 0.25) is 0 Å². The summed E-state index contributed by atoms with van der Waals surface area (Å²) in [6, 6.07) is -0.540. The minimum absolute atomic E-state index is 0.123. The van der Waals surface area contributed by atoms with Gasteiger partial charge in [0.05, 0.1) is 44.2 Å². The molecule has 0 aromatic heterocycles. The molecule has 6 heteroatoms. The molecule has 0 bridgehead atoms. The van der Waals surface area contributed by atoms with E-state index in [1.54, 1.807) is 7.05 Å². The average molecular weight is 221 g/mol. The van der Waals surface area contributed by atoms with Crippen LogP contribution in [0.5, 0.6) is 0 Å². The Bertz CT molecular complexity index is 191. The summed E-state index contributed by atoms with van der Waals surface area (Å²) >= 11 is 0. The minimum atomic E-state index is -1.06. The number of likely N-dealkylation sites (N-methyl/N-ethyl adjacent to an activating group) is 1. The van der Waals surface area contributed by atoms with E-state index in [0.29, 0.717) is 0 Å². The molecule has 0 radical (unpaired) electrons. The second kappa shape index (κ2) is 5.74. The van der Waals surface area contributed by atoms with E-state index < -0.39 is 30.3 Å². The second-order valence-corrected chi connectivity index (χ2v) is 3.79. The number of hydrogen-bond acceptors (Lipinski definition) is 6. The lowest BCUT2D eigenvalue weighted by molar-refractivity contribution is -0.0407. The SMILES string of the molecule is CNC1C(CO)OCC(CO)C(O)C1O. The van der Waals surface area contributed by atoms with Crippen LogP contribution in [0.3, 0.4) is 0 Å². The molecule has 6 nitrogen and oxygen atoms in total. The lowest BCUT2D eigenvalue weighted by Crippen LogP contribution is -2.52. The molecule has 90 valence electrons. The van der Waals surface area contributed by atoms with Gasteiger partial charge in [-0.3, -0.25) is 0 Å². The van der Waals surface area contributed by atoms with Crippen LogP contribution in [0.1, 0.15) is 0 Å². The van der Waals surface area contributed by atoms with Gasteiger partial charge in [0.1, 0.15) is 0 Å². The third-order valence-corrected chi connectivity index (χ3v) is 2.87. The predicted molar refractivity (Wildman–Crippen MR) is 52.3 cm³/mol. The van der Waals surface area contributed by atoms with Gasteiger partial charge >= 0.3 is 0 Å². The smallest absolute Gasteiger partial charge is 0.0984 e. The van der Waals surface area contributed by atoms with Gasteiger partial charge in [-0.25, -0.2) is 0 Å². The van der Waals surface area contributed by atoms with Gasteiger partial charge in [0.15, 0.2) is 0 Å². The zero-order valence-electron chi connectivity index (χ0n) is 8.71. The quantitative estimate of drug-likeness (QED) is 0.355. The van der Waals surface area contributed by atoms with Crippen LogP contribution in [0.25, 0.3) is 0 Å². The third-order valence-electron chi connectivity index (χ3n) is 2.87. The molecule has 1 rings (SSSR count). The number of rotatable bonds is 3. The predicted octanol–water partition coefficient (Wildman–Crippen LogP) is -2.70. The van der Waals surface area contributed by atoms with E-state index in [-0.39, 0.29) is 19.8 Å². The van der Waals surface area contributed by atoms with E-state index in [2.05, 4.69) is 5.32 Å². The molecule has 0 saturated carbocycles. The van der Waals surface area contributed by atoms with Crippen molar-refractivity contribution in [2.45, 2.75) is 24.4 Å². The topological polar surface area (TPSA) is 102 Å². The molecule has 0 aliphatic carbocycles. The summed E-state index contributed by atoms with van der Waals surface area (Å²) in [6.45, 7) is -0.377. The lowest BCUT2D eigenvalue weighted by Gasteiger charge is -2.28. The molecule has 15 heavy (non-hydrogen) atoms. The highest BCUT2D eigenvalue weighted by Gasteiger charge is 2.39. The summed E-state index contributed by atoms with van der Waals surface area (Å²) < 4.78 is 5.31. The fourth-order valence-corrected chi connectivity index (χ4v) is 1.84. The molecule has 0 aromatic rings. The molecule has 1 aliphatic rings. The fourth-order valence-electron chi connectivity index (χ4n) is 1.84. The van der Waals surface area contributed by atoms with Crippen LogP contribution in [-0.2, 0) is 4.74 Å². The lowest BCUT2D eigenvalue weighted by atomic mass is 9.94. The maximum absolute atomic E-state index is 9.81. The van der Waals surface area contributed by atoms with Crippen molar-refractivity contribution < 1.29 is 25.2 Å². The molecule has 1 fully saturated rings. The maximum atomic E-state index is 9.81. The Hall–Kier alpha value is -0.240. The van der Waals surface area contributed by atoms with E-state index in [1.165, 1.54) is 0 Å².